The van der Waals surface area contributed by atoms with Crippen LogP contribution in [0.15, 0.2) is 0 Å². The van der Waals surface area contributed by atoms with Crippen LogP contribution in [0.1, 0.15) is 33.1 Å². The lowest BCUT2D eigenvalue weighted by atomic mass is 9.75. The molecule has 0 radical (unpaired) electrons. The number of aliphatic carboxylic acids is 1. The molecule has 0 aromatic rings. The normalized spacial score (nSPS) is 31.2. The highest BCUT2D eigenvalue weighted by Gasteiger charge is 2.54. The molecular weight excluding hydrogens is 170 g/mol. The van der Waals surface area contributed by atoms with Crippen molar-refractivity contribution >= 4 is 12.4 Å². The molecule has 2 N–H and O–H groups in total. The Morgan fingerprint density at radius 3 is 2.38 bits per heavy atom. The molecule has 4 nitrogen and oxygen atoms in total. The average molecular weight is 185 g/mol. The first-order valence-electron chi connectivity index (χ1n) is 4.41. The first-order chi connectivity index (χ1) is 5.96. The molecule has 0 aromatic heterocycles. The molecule has 13 heavy (non-hydrogen) atoms. The van der Waals surface area contributed by atoms with Gasteiger partial charge in [0.1, 0.15) is 5.54 Å². The number of carboxylic acids is 1. The highest BCUT2D eigenvalue weighted by atomic mass is 16.4. The van der Waals surface area contributed by atoms with Crippen LogP contribution in [0.2, 0.25) is 0 Å². The lowest BCUT2D eigenvalue weighted by Crippen LogP contribution is -2.58. The van der Waals surface area contributed by atoms with Crippen molar-refractivity contribution in [1.29, 1.82) is 0 Å². The van der Waals surface area contributed by atoms with E-state index in [9.17, 15) is 9.59 Å². The van der Waals surface area contributed by atoms with Gasteiger partial charge in [-0.15, -0.1) is 0 Å². The van der Waals surface area contributed by atoms with E-state index < -0.39 is 11.5 Å². The molecule has 0 heterocycles. The Bertz CT molecular complexity index is 237. The summed E-state index contributed by atoms with van der Waals surface area (Å²) in [5, 5.41) is 11.6. The molecular formula is C9H15NO3. The summed E-state index contributed by atoms with van der Waals surface area (Å²) in [7, 11) is 0. The highest BCUT2D eigenvalue weighted by Crippen LogP contribution is 2.45. The van der Waals surface area contributed by atoms with Gasteiger partial charge in [-0.2, -0.15) is 0 Å². The second kappa shape index (κ2) is 3.01. The summed E-state index contributed by atoms with van der Waals surface area (Å²) >= 11 is 0. The molecule has 1 unspecified atom stereocenters. The smallest absolute Gasteiger partial charge is 0.329 e. The van der Waals surface area contributed by atoms with Crippen LogP contribution in [-0.2, 0) is 9.59 Å². The van der Waals surface area contributed by atoms with E-state index in [1.165, 1.54) is 0 Å². The van der Waals surface area contributed by atoms with Crippen LogP contribution in [0.4, 0.5) is 0 Å². The van der Waals surface area contributed by atoms with Crippen LogP contribution >= 0.6 is 0 Å². The van der Waals surface area contributed by atoms with Crippen molar-refractivity contribution in [1.82, 2.24) is 5.32 Å². The molecule has 1 saturated carbocycles. The van der Waals surface area contributed by atoms with Gasteiger partial charge in [0.05, 0.1) is 0 Å². The third kappa shape index (κ3) is 1.30. The lowest BCUT2D eigenvalue weighted by Gasteiger charge is -2.36. The SMILES string of the molecule is CC1(C)CCCC1(NC=O)C(=O)O. The number of carbonyl (C=O) groups excluding carboxylic acids is 1. The Labute approximate surface area is 77.3 Å². The predicted octanol–water partition coefficient (Wildman–Crippen LogP) is 0.766. The lowest BCUT2D eigenvalue weighted by molar-refractivity contribution is -0.150. The third-order valence-corrected chi connectivity index (χ3v) is 3.18. The van der Waals surface area contributed by atoms with Crippen LogP contribution in [0.3, 0.4) is 0 Å². The van der Waals surface area contributed by atoms with Crippen LogP contribution in [0.5, 0.6) is 0 Å². The maximum atomic E-state index is 11.1. The van der Waals surface area contributed by atoms with Crippen LogP contribution in [-0.4, -0.2) is 23.0 Å². The quantitative estimate of drug-likeness (QED) is 0.638. The molecule has 1 aliphatic carbocycles. The van der Waals surface area contributed by atoms with Gasteiger partial charge in [0.15, 0.2) is 0 Å². The van der Waals surface area contributed by atoms with E-state index in [1.807, 2.05) is 13.8 Å². The zero-order valence-electron chi connectivity index (χ0n) is 7.96. The number of carbonyl (C=O) groups is 2. The molecule has 1 aliphatic rings. The van der Waals surface area contributed by atoms with E-state index in [-0.39, 0.29) is 5.41 Å². The largest absolute Gasteiger partial charge is 0.479 e. The van der Waals surface area contributed by atoms with E-state index in [0.717, 1.165) is 12.8 Å². The summed E-state index contributed by atoms with van der Waals surface area (Å²) in [5.41, 5.74) is -1.42. The number of rotatable bonds is 3. The number of hydrogen-bond donors (Lipinski definition) is 2. The summed E-state index contributed by atoms with van der Waals surface area (Å²) in [5.74, 6) is -0.929. The zero-order valence-corrected chi connectivity index (χ0v) is 7.96. The number of hydrogen-bond acceptors (Lipinski definition) is 2. The predicted molar refractivity (Wildman–Crippen MR) is 47.2 cm³/mol. The summed E-state index contributed by atoms with van der Waals surface area (Å²) in [6, 6.07) is 0. The summed E-state index contributed by atoms with van der Waals surface area (Å²) < 4.78 is 0. The molecule has 1 amide bonds. The van der Waals surface area contributed by atoms with Crippen molar-refractivity contribution < 1.29 is 14.7 Å². The Kier molecular flexibility index (Phi) is 2.32. The monoisotopic (exact) mass is 185 g/mol. The van der Waals surface area contributed by atoms with Gasteiger partial charge in [0.2, 0.25) is 6.41 Å². The summed E-state index contributed by atoms with van der Waals surface area (Å²) in [6.45, 7) is 3.76. The topological polar surface area (TPSA) is 66.4 Å². The second-order valence-electron chi connectivity index (χ2n) is 4.21. The van der Waals surface area contributed by atoms with E-state index in [1.54, 1.807) is 0 Å². The second-order valence-corrected chi connectivity index (χ2v) is 4.21. The van der Waals surface area contributed by atoms with Gasteiger partial charge in [0, 0.05) is 0 Å². The van der Waals surface area contributed by atoms with E-state index in [2.05, 4.69) is 5.32 Å². The van der Waals surface area contributed by atoms with Gasteiger partial charge in [-0.25, -0.2) is 4.79 Å². The molecule has 0 saturated heterocycles. The molecule has 0 bridgehead atoms. The fourth-order valence-corrected chi connectivity index (χ4v) is 2.17. The van der Waals surface area contributed by atoms with Crippen molar-refractivity contribution in [3.8, 4) is 0 Å². The van der Waals surface area contributed by atoms with Gasteiger partial charge in [-0.05, 0) is 24.7 Å². The Morgan fingerprint density at radius 2 is 2.08 bits per heavy atom. The van der Waals surface area contributed by atoms with Gasteiger partial charge in [-0.3, -0.25) is 4.79 Å². The van der Waals surface area contributed by atoms with Crippen molar-refractivity contribution in [3.63, 3.8) is 0 Å². The molecule has 74 valence electrons. The van der Waals surface area contributed by atoms with Crippen molar-refractivity contribution in [2.45, 2.75) is 38.6 Å². The zero-order chi connectivity index (χ0) is 10.1. The highest BCUT2D eigenvalue weighted by molar-refractivity contribution is 5.83. The molecule has 4 heteroatoms. The van der Waals surface area contributed by atoms with E-state index >= 15 is 0 Å². The van der Waals surface area contributed by atoms with Crippen LogP contribution in [0, 0.1) is 5.41 Å². The first-order valence-corrected chi connectivity index (χ1v) is 4.41. The molecule has 0 spiro atoms. The Balaban J connectivity index is 3.02. The minimum absolute atomic E-state index is 0.361. The van der Waals surface area contributed by atoms with Crippen molar-refractivity contribution in [3.05, 3.63) is 0 Å². The number of amides is 1. The molecule has 1 rings (SSSR count). The minimum atomic E-state index is -1.06. The van der Waals surface area contributed by atoms with Gasteiger partial charge in [0.25, 0.3) is 0 Å². The average Bonchev–Trinajstić information content (AvgIpc) is 2.28. The minimum Gasteiger partial charge on any atom is -0.479 e. The molecule has 0 aromatic carbocycles. The maximum absolute atomic E-state index is 11.1. The van der Waals surface area contributed by atoms with Gasteiger partial charge in [-0.1, -0.05) is 13.8 Å². The third-order valence-electron chi connectivity index (χ3n) is 3.18. The fraction of sp³-hybridized carbons (Fsp3) is 0.778. The summed E-state index contributed by atoms with van der Waals surface area (Å²) in [4.78, 5) is 21.5. The van der Waals surface area contributed by atoms with Crippen molar-refractivity contribution in [2.75, 3.05) is 0 Å². The van der Waals surface area contributed by atoms with Gasteiger partial charge >= 0.3 is 5.97 Å². The Morgan fingerprint density at radius 1 is 1.46 bits per heavy atom. The summed E-state index contributed by atoms with van der Waals surface area (Å²) in [6.07, 6.45) is 2.69. The van der Waals surface area contributed by atoms with Crippen molar-refractivity contribution in [2.24, 2.45) is 5.41 Å². The first kappa shape index (κ1) is 10.0. The van der Waals surface area contributed by atoms with E-state index in [0.29, 0.717) is 12.8 Å². The van der Waals surface area contributed by atoms with Gasteiger partial charge < -0.3 is 10.4 Å². The Hall–Kier alpha value is -1.06. The van der Waals surface area contributed by atoms with Crippen LogP contribution in [0.25, 0.3) is 0 Å². The standard InChI is InChI=1S/C9H15NO3/c1-8(2)4-3-5-9(8,7(12)13)10-6-11/h6H,3-5H2,1-2H3,(H,10,11)(H,12,13). The fourth-order valence-electron chi connectivity index (χ4n) is 2.17. The number of carboxylic acid groups (broad SMARTS) is 1. The van der Waals surface area contributed by atoms with E-state index in [4.69, 9.17) is 5.11 Å². The molecule has 1 fully saturated rings. The molecule has 1 atom stereocenters. The molecule has 0 aliphatic heterocycles. The van der Waals surface area contributed by atoms with Crippen LogP contribution < -0.4 is 5.32 Å². The number of nitrogens with one attached hydrogen (secondary N) is 1. The maximum Gasteiger partial charge on any atom is 0.329 e.